The highest BCUT2D eigenvalue weighted by Crippen LogP contribution is 2.29. The van der Waals surface area contributed by atoms with Crippen LogP contribution < -0.4 is 15.5 Å². The van der Waals surface area contributed by atoms with Crippen LogP contribution in [0, 0.1) is 0 Å². The molecule has 2 aromatic carbocycles. The van der Waals surface area contributed by atoms with Gasteiger partial charge in [-0.3, -0.25) is 20.2 Å². The van der Waals surface area contributed by atoms with Crippen molar-refractivity contribution in [1.29, 1.82) is 0 Å². The van der Waals surface area contributed by atoms with Crippen molar-refractivity contribution in [3.05, 3.63) is 48.5 Å². The number of amides is 1. The number of anilines is 2. The average Bonchev–Trinajstić information content (AvgIpc) is 2.69. The molecule has 0 heterocycles. The Morgan fingerprint density at radius 1 is 1.11 bits per heavy atom. The van der Waals surface area contributed by atoms with Crippen LogP contribution in [0.4, 0.5) is 11.4 Å². The molecule has 0 radical (unpaired) electrons. The molecule has 2 aromatic rings. The molecule has 146 valence electrons. The minimum atomic E-state index is 0.233. The maximum atomic E-state index is 10.4. The fourth-order valence-corrected chi connectivity index (χ4v) is 3.93. The van der Waals surface area contributed by atoms with Crippen LogP contribution in [0.2, 0.25) is 0 Å². The van der Waals surface area contributed by atoms with E-state index in [2.05, 4.69) is 46.6 Å². The van der Waals surface area contributed by atoms with Crippen LogP contribution in [0.25, 0.3) is 0 Å². The Balaban J connectivity index is 2.06. The van der Waals surface area contributed by atoms with Crippen LogP contribution in [0.5, 0.6) is 0 Å². The van der Waals surface area contributed by atoms with Crippen LogP contribution in [0.1, 0.15) is 6.42 Å². The summed E-state index contributed by atoms with van der Waals surface area (Å²) in [5.41, 5.74) is 3.65. The molecule has 1 atom stereocenters. The predicted molar refractivity (Wildman–Crippen MR) is 115 cm³/mol. The first-order chi connectivity index (χ1) is 13.1. The SMILES string of the molecule is CN(C)CC[C@H](CSc1ccccc1)Nc1ccc(SNC=O)cc1NO. The van der Waals surface area contributed by atoms with Gasteiger partial charge in [-0.2, -0.15) is 0 Å². The smallest absolute Gasteiger partial charge is 0.217 e. The third-order valence-electron chi connectivity index (χ3n) is 3.82. The lowest BCUT2D eigenvalue weighted by atomic mass is 10.2. The number of carbonyl (C=O) groups excluding carboxylic acids is 1. The summed E-state index contributed by atoms with van der Waals surface area (Å²) >= 11 is 3.00. The highest BCUT2D eigenvalue weighted by atomic mass is 32.2. The monoisotopic (exact) mass is 406 g/mol. The summed E-state index contributed by atoms with van der Waals surface area (Å²) in [7, 11) is 4.13. The molecule has 0 aliphatic heterocycles. The Hall–Kier alpha value is -1.87. The molecule has 0 unspecified atom stereocenters. The van der Waals surface area contributed by atoms with Crippen LogP contribution in [-0.2, 0) is 4.79 Å². The van der Waals surface area contributed by atoms with Gasteiger partial charge >= 0.3 is 0 Å². The Labute approximate surface area is 169 Å². The van der Waals surface area contributed by atoms with E-state index in [-0.39, 0.29) is 6.04 Å². The third-order valence-corrected chi connectivity index (χ3v) is 5.69. The molecule has 4 N–H and O–H groups in total. The molecule has 0 aliphatic carbocycles. The molecule has 0 fully saturated rings. The molecule has 2 rings (SSSR count). The molecule has 0 aromatic heterocycles. The maximum Gasteiger partial charge on any atom is 0.217 e. The predicted octanol–water partition coefficient (Wildman–Crippen LogP) is 3.77. The normalized spacial score (nSPS) is 11.9. The molecule has 0 bridgehead atoms. The van der Waals surface area contributed by atoms with E-state index >= 15 is 0 Å². The molecule has 27 heavy (non-hydrogen) atoms. The summed E-state index contributed by atoms with van der Waals surface area (Å²) in [5, 5.41) is 13.0. The second-order valence-electron chi connectivity index (χ2n) is 6.21. The number of thioether (sulfide) groups is 1. The second-order valence-corrected chi connectivity index (χ2v) is 8.22. The van der Waals surface area contributed by atoms with E-state index in [1.807, 2.05) is 42.1 Å². The summed E-state index contributed by atoms with van der Waals surface area (Å²) < 4.78 is 2.54. The summed E-state index contributed by atoms with van der Waals surface area (Å²) in [6.45, 7) is 0.964. The zero-order valence-corrected chi connectivity index (χ0v) is 17.1. The molecule has 0 saturated heterocycles. The number of hydrogen-bond acceptors (Lipinski definition) is 7. The number of nitrogens with one attached hydrogen (secondary N) is 3. The van der Waals surface area contributed by atoms with Gasteiger partial charge in [0.25, 0.3) is 0 Å². The van der Waals surface area contributed by atoms with Gasteiger partial charge in [0.15, 0.2) is 0 Å². The van der Waals surface area contributed by atoms with Crippen molar-refractivity contribution in [3.8, 4) is 0 Å². The molecular weight excluding hydrogens is 380 g/mol. The molecule has 8 heteroatoms. The minimum absolute atomic E-state index is 0.233. The van der Waals surface area contributed by atoms with Gasteiger partial charge < -0.3 is 10.2 Å². The van der Waals surface area contributed by atoms with Crippen molar-refractivity contribution < 1.29 is 10.0 Å². The molecule has 6 nitrogen and oxygen atoms in total. The zero-order valence-electron chi connectivity index (χ0n) is 15.5. The molecule has 0 aliphatic rings. The van der Waals surface area contributed by atoms with E-state index in [9.17, 15) is 10.0 Å². The number of rotatable bonds is 12. The number of hydrogen-bond donors (Lipinski definition) is 4. The third kappa shape index (κ3) is 7.72. The van der Waals surface area contributed by atoms with Crippen molar-refractivity contribution in [2.24, 2.45) is 0 Å². The van der Waals surface area contributed by atoms with Gasteiger partial charge in [-0.1, -0.05) is 18.2 Å². The minimum Gasteiger partial charge on any atom is -0.380 e. The van der Waals surface area contributed by atoms with Crippen LogP contribution in [-0.4, -0.2) is 49.0 Å². The molecule has 0 saturated carbocycles. The van der Waals surface area contributed by atoms with Crippen LogP contribution >= 0.6 is 23.7 Å². The summed E-state index contributed by atoms with van der Waals surface area (Å²) in [6.07, 6.45) is 1.60. The standard InChI is InChI=1S/C19H26N4O2S2/c1-23(2)11-10-15(13-26-16-6-4-3-5-7-16)21-18-9-8-17(27-20-14-24)12-19(18)22-25/h3-9,12,14-15,21-22,25H,10-11,13H2,1-2H3,(H,20,24)/t15-/m1/s1. The maximum absolute atomic E-state index is 10.4. The highest BCUT2D eigenvalue weighted by Gasteiger charge is 2.13. The molecular formula is C19H26N4O2S2. The van der Waals surface area contributed by atoms with Gasteiger partial charge in [0.05, 0.1) is 11.4 Å². The Morgan fingerprint density at radius 3 is 2.56 bits per heavy atom. The first-order valence-electron chi connectivity index (χ1n) is 8.61. The van der Waals surface area contributed by atoms with Gasteiger partial charge in [0.1, 0.15) is 0 Å². The number of nitrogens with zero attached hydrogens (tertiary/aromatic N) is 1. The first kappa shape index (κ1) is 21.4. The van der Waals surface area contributed by atoms with Gasteiger partial charge in [-0.15, -0.1) is 11.8 Å². The van der Waals surface area contributed by atoms with E-state index in [1.165, 1.54) is 16.8 Å². The van der Waals surface area contributed by atoms with E-state index < -0.39 is 0 Å². The quantitative estimate of drug-likeness (QED) is 0.185. The lowest BCUT2D eigenvalue weighted by Crippen LogP contribution is -2.28. The van der Waals surface area contributed by atoms with Crippen molar-refractivity contribution >= 4 is 41.5 Å². The largest absolute Gasteiger partial charge is 0.380 e. The Morgan fingerprint density at radius 2 is 1.89 bits per heavy atom. The second kappa shape index (κ2) is 11.8. The van der Waals surface area contributed by atoms with Gasteiger partial charge in [-0.05, 0) is 69.3 Å². The molecule has 1 amide bonds. The topological polar surface area (TPSA) is 76.6 Å². The van der Waals surface area contributed by atoms with E-state index in [0.717, 1.165) is 29.3 Å². The number of carbonyl (C=O) groups is 1. The molecule has 0 spiro atoms. The van der Waals surface area contributed by atoms with Crippen LogP contribution in [0.3, 0.4) is 0 Å². The number of benzene rings is 2. The van der Waals surface area contributed by atoms with Gasteiger partial charge in [-0.25, -0.2) is 0 Å². The van der Waals surface area contributed by atoms with Crippen molar-refractivity contribution in [2.45, 2.75) is 22.3 Å². The summed E-state index contributed by atoms with van der Waals surface area (Å²) in [6, 6.07) is 16.2. The lowest BCUT2D eigenvalue weighted by Gasteiger charge is -2.23. The fourth-order valence-electron chi connectivity index (χ4n) is 2.44. The van der Waals surface area contributed by atoms with Crippen molar-refractivity contribution in [2.75, 3.05) is 37.2 Å². The average molecular weight is 407 g/mol. The summed E-state index contributed by atoms with van der Waals surface area (Å²) in [4.78, 5) is 14.7. The first-order valence-corrected chi connectivity index (χ1v) is 10.4. The van der Waals surface area contributed by atoms with E-state index in [4.69, 9.17) is 0 Å². The highest BCUT2D eigenvalue weighted by molar-refractivity contribution is 7.99. The Bertz CT molecular complexity index is 701. The Kier molecular flexibility index (Phi) is 9.34. The van der Waals surface area contributed by atoms with Gasteiger partial charge in [0.2, 0.25) is 6.41 Å². The summed E-state index contributed by atoms with van der Waals surface area (Å²) in [5.74, 6) is 0.909. The van der Waals surface area contributed by atoms with Gasteiger partial charge in [0, 0.05) is 21.6 Å². The van der Waals surface area contributed by atoms with Crippen molar-refractivity contribution in [3.63, 3.8) is 0 Å². The van der Waals surface area contributed by atoms with E-state index in [0.29, 0.717) is 12.1 Å². The van der Waals surface area contributed by atoms with E-state index in [1.54, 1.807) is 6.07 Å². The lowest BCUT2D eigenvalue weighted by molar-refractivity contribution is -0.107. The van der Waals surface area contributed by atoms with Crippen LogP contribution in [0.15, 0.2) is 58.3 Å². The zero-order chi connectivity index (χ0) is 19.5. The van der Waals surface area contributed by atoms with Crippen molar-refractivity contribution in [1.82, 2.24) is 9.62 Å². The fraction of sp³-hybridized carbons (Fsp3) is 0.316.